The fourth-order valence-electron chi connectivity index (χ4n) is 3.06. The maximum atomic E-state index is 5.68. The maximum Gasteiger partial charge on any atom is 0.191 e. The van der Waals surface area contributed by atoms with E-state index in [1.807, 2.05) is 6.92 Å². The van der Waals surface area contributed by atoms with Crippen LogP contribution in [0.2, 0.25) is 0 Å². The van der Waals surface area contributed by atoms with Gasteiger partial charge in [0.1, 0.15) is 0 Å². The summed E-state index contributed by atoms with van der Waals surface area (Å²) in [6.07, 6.45) is 3.50. The molecule has 1 aliphatic heterocycles. The molecular weight excluding hydrogens is 497 g/mol. The summed E-state index contributed by atoms with van der Waals surface area (Å²) in [6.45, 7) is 8.40. The lowest BCUT2D eigenvalue weighted by Gasteiger charge is -2.13. The molecule has 1 aromatic carbocycles. The van der Waals surface area contributed by atoms with Gasteiger partial charge in [0.15, 0.2) is 5.96 Å². The highest BCUT2D eigenvalue weighted by molar-refractivity contribution is 14.0. The molecule has 0 saturated carbocycles. The van der Waals surface area contributed by atoms with E-state index in [9.17, 15) is 0 Å². The van der Waals surface area contributed by atoms with Gasteiger partial charge >= 0.3 is 0 Å². The molecule has 7 nitrogen and oxygen atoms in total. The molecule has 8 heteroatoms. The van der Waals surface area contributed by atoms with Gasteiger partial charge in [0, 0.05) is 40.0 Å². The van der Waals surface area contributed by atoms with E-state index in [2.05, 4.69) is 39.9 Å². The standard InChI is InChI=1S/C22H37N3O4.HI/c1-3-26-13-14-28-17-20-8-4-7-19(15-20)16-25-22(23-2)24-10-6-11-27-18-21-9-5-12-29-21;/h4,7-8,15,21H,3,5-6,9-14,16-18H2,1-2H3,(H2,23,24,25);1H. The van der Waals surface area contributed by atoms with Crippen LogP contribution in [0.25, 0.3) is 0 Å². The second-order valence-electron chi connectivity index (χ2n) is 6.99. The minimum absolute atomic E-state index is 0. The first kappa shape index (κ1) is 27.1. The van der Waals surface area contributed by atoms with Crippen molar-refractivity contribution >= 4 is 29.9 Å². The lowest BCUT2D eigenvalue weighted by atomic mass is 10.1. The van der Waals surface area contributed by atoms with Gasteiger partial charge in [-0.25, -0.2) is 0 Å². The quantitative estimate of drug-likeness (QED) is 0.165. The number of halogens is 1. The predicted molar refractivity (Wildman–Crippen MR) is 131 cm³/mol. The van der Waals surface area contributed by atoms with Gasteiger partial charge in [-0.2, -0.15) is 0 Å². The van der Waals surface area contributed by atoms with E-state index in [1.165, 1.54) is 5.56 Å². The van der Waals surface area contributed by atoms with Crippen LogP contribution < -0.4 is 10.6 Å². The van der Waals surface area contributed by atoms with Gasteiger partial charge < -0.3 is 29.6 Å². The molecule has 0 amide bonds. The molecule has 1 unspecified atom stereocenters. The third-order valence-corrected chi connectivity index (χ3v) is 4.61. The summed E-state index contributed by atoms with van der Waals surface area (Å²) >= 11 is 0. The number of nitrogens with zero attached hydrogens (tertiary/aromatic N) is 1. The molecule has 2 N–H and O–H groups in total. The molecule has 1 aromatic rings. The van der Waals surface area contributed by atoms with E-state index in [0.29, 0.717) is 39.1 Å². The van der Waals surface area contributed by atoms with Crippen LogP contribution in [0, 0.1) is 0 Å². The van der Waals surface area contributed by atoms with Crippen LogP contribution in [0.4, 0.5) is 0 Å². The molecule has 0 aromatic heterocycles. The Labute approximate surface area is 198 Å². The molecule has 30 heavy (non-hydrogen) atoms. The van der Waals surface area contributed by atoms with Crippen LogP contribution in [0.1, 0.15) is 37.3 Å². The Bertz CT molecular complexity index is 583. The Balaban J connectivity index is 0.00000450. The Hall–Kier alpha value is -0.940. The van der Waals surface area contributed by atoms with Crippen molar-refractivity contribution in [3.8, 4) is 0 Å². The Morgan fingerprint density at radius 2 is 1.97 bits per heavy atom. The van der Waals surface area contributed by atoms with Crippen molar-refractivity contribution in [2.24, 2.45) is 4.99 Å². The Morgan fingerprint density at radius 3 is 2.73 bits per heavy atom. The monoisotopic (exact) mass is 535 g/mol. The first-order valence-electron chi connectivity index (χ1n) is 10.7. The lowest BCUT2D eigenvalue weighted by Crippen LogP contribution is -2.37. The van der Waals surface area contributed by atoms with E-state index in [4.69, 9.17) is 18.9 Å². The fourth-order valence-corrected chi connectivity index (χ4v) is 3.06. The largest absolute Gasteiger partial charge is 0.379 e. The highest BCUT2D eigenvalue weighted by Crippen LogP contribution is 2.11. The third kappa shape index (κ3) is 12.0. The van der Waals surface area contributed by atoms with E-state index < -0.39 is 0 Å². The summed E-state index contributed by atoms with van der Waals surface area (Å²) in [5, 5.41) is 6.68. The summed E-state index contributed by atoms with van der Waals surface area (Å²) < 4.78 is 22.2. The zero-order valence-corrected chi connectivity index (χ0v) is 20.7. The van der Waals surface area contributed by atoms with Gasteiger partial charge in [-0.3, -0.25) is 4.99 Å². The Morgan fingerprint density at radius 1 is 1.13 bits per heavy atom. The van der Waals surface area contributed by atoms with Crippen molar-refractivity contribution in [1.29, 1.82) is 0 Å². The molecule has 1 fully saturated rings. The molecule has 1 saturated heterocycles. The van der Waals surface area contributed by atoms with E-state index in [0.717, 1.165) is 57.2 Å². The van der Waals surface area contributed by atoms with E-state index in [1.54, 1.807) is 7.05 Å². The fraction of sp³-hybridized carbons (Fsp3) is 0.682. The first-order chi connectivity index (χ1) is 14.3. The molecule has 1 heterocycles. The van der Waals surface area contributed by atoms with Crippen molar-refractivity contribution in [3.63, 3.8) is 0 Å². The normalized spacial score (nSPS) is 16.3. The summed E-state index contributed by atoms with van der Waals surface area (Å²) in [7, 11) is 1.78. The average Bonchev–Trinajstić information content (AvgIpc) is 3.26. The summed E-state index contributed by atoms with van der Waals surface area (Å²) in [5.74, 6) is 0.794. The number of hydrogen-bond donors (Lipinski definition) is 2. The van der Waals surface area contributed by atoms with E-state index >= 15 is 0 Å². The van der Waals surface area contributed by atoms with Gasteiger partial charge in [0.2, 0.25) is 0 Å². The molecule has 1 atom stereocenters. The van der Waals surface area contributed by atoms with E-state index in [-0.39, 0.29) is 24.0 Å². The predicted octanol–water partition coefficient (Wildman–Crippen LogP) is 3.11. The molecule has 0 bridgehead atoms. The Kier molecular flexibility index (Phi) is 16.0. The molecule has 0 radical (unpaired) electrons. The number of benzene rings is 1. The first-order valence-corrected chi connectivity index (χ1v) is 10.7. The second kappa shape index (κ2) is 17.7. The van der Waals surface area contributed by atoms with Crippen molar-refractivity contribution in [3.05, 3.63) is 35.4 Å². The second-order valence-corrected chi connectivity index (χ2v) is 6.99. The van der Waals surface area contributed by atoms with Crippen molar-refractivity contribution in [1.82, 2.24) is 10.6 Å². The van der Waals surface area contributed by atoms with Gasteiger partial charge in [-0.05, 0) is 37.3 Å². The van der Waals surface area contributed by atoms with Gasteiger partial charge in [-0.1, -0.05) is 24.3 Å². The van der Waals surface area contributed by atoms with Gasteiger partial charge in [0.25, 0.3) is 0 Å². The molecule has 172 valence electrons. The number of rotatable bonds is 14. The molecule has 0 aliphatic carbocycles. The topological polar surface area (TPSA) is 73.3 Å². The number of ether oxygens (including phenoxy) is 4. The third-order valence-electron chi connectivity index (χ3n) is 4.61. The van der Waals surface area contributed by atoms with Crippen molar-refractivity contribution in [2.75, 3.05) is 53.2 Å². The highest BCUT2D eigenvalue weighted by atomic mass is 127. The zero-order chi connectivity index (χ0) is 20.6. The van der Waals surface area contributed by atoms with Crippen LogP contribution in [0.3, 0.4) is 0 Å². The SMILES string of the molecule is CCOCCOCc1cccc(CNC(=NC)NCCCOCC2CCCO2)c1.I. The molecule has 1 aliphatic rings. The summed E-state index contributed by atoms with van der Waals surface area (Å²) in [4.78, 5) is 4.28. The van der Waals surface area contributed by atoms with Crippen LogP contribution in [0.5, 0.6) is 0 Å². The summed E-state index contributed by atoms with van der Waals surface area (Å²) in [6, 6.07) is 8.39. The number of aliphatic imine (C=N–C) groups is 1. The smallest absolute Gasteiger partial charge is 0.191 e. The van der Waals surface area contributed by atoms with Crippen molar-refractivity contribution in [2.45, 2.75) is 45.4 Å². The molecule has 0 spiro atoms. The van der Waals surface area contributed by atoms with Crippen LogP contribution in [0.15, 0.2) is 29.3 Å². The zero-order valence-electron chi connectivity index (χ0n) is 18.4. The number of hydrogen-bond acceptors (Lipinski definition) is 5. The van der Waals surface area contributed by atoms with Crippen LogP contribution in [-0.4, -0.2) is 65.3 Å². The molecular formula is C22H38IN3O4. The van der Waals surface area contributed by atoms with Crippen LogP contribution in [-0.2, 0) is 32.1 Å². The average molecular weight is 535 g/mol. The highest BCUT2D eigenvalue weighted by Gasteiger charge is 2.14. The minimum atomic E-state index is 0. The summed E-state index contributed by atoms with van der Waals surface area (Å²) in [5.41, 5.74) is 2.35. The molecule has 2 rings (SSSR count). The minimum Gasteiger partial charge on any atom is -0.379 e. The number of guanidine groups is 1. The van der Waals surface area contributed by atoms with Crippen molar-refractivity contribution < 1.29 is 18.9 Å². The van der Waals surface area contributed by atoms with Gasteiger partial charge in [-0.15, -0.1) is 24.0 Å². The van der Waals surface area contributed by atoms with Gasteiger partial charge in [0.05, 0.1) is 32.5 Å². The number of nitrogens with one attached hydrogen (secondary N) is 2. The lowest BCUT2D eigenvalue weighted by molar-refractivity contribution is 0.0168. The van der Waals surface area contributed by atoms with Crippen LogP contribution >= 0.6 is 24.0 Å². The maximum absolute atomic E-state index is 5.68.